The molecule has 0 saturated carbocycles. The van der Waals surface area contributed by atoms with Gasteiger partial charge < -0.3 is 9.84 Å². The fourth-order valence-electron chi connectivity index (χ4n) is 2.36. The largest absolute Gasteiger partial charge is 0.507 e. The van der Waals surface area contributed by atoms with Gasteiger partial charge in [0.05, 0.1) is 11.8 Å². The number of nitrogens with zero attached hydrogens (tertiary/aromatic N) is 1. The highest BCUT2D eigenvalue weighted by Gasteiger charge is 2.10. The number of para-hydroxylation sites is 1. The van der Waals surface area contributed by atoms with E-state index in [1.54, 1.807) is 6.07 Å². The van der Waals surface area contributed by atoms with E-state index >= 15 is 0 Å². The first kappa shape index (κ1) is 18.7. The van der Waals surface area contributed by atoms with Crippen LogP contribution in [0.15, 0.2) is 82.4 Å². The minimum absolute atomic E-state index is 0.113. The Hall–Kier alpha value is -3.12. The van der Waals surface area contributed by atoms with Crippen LogP contribution >= 0.6 is 15.9 Å². The molecule has 0 unspecified atom stereocenters. The zero-order valence-corrected chi connectivity index (χ0v) is 15.9. The van der Waals surface area contributed by atoms with Crippen LogP contribution in [0.3, 0.4) is 0 Å². The van der Waals surface area contributed by atoms with Crippen molar-refractivity contribution >= 4 is 28.1 Å². The van der Waals surface area contributed by atoms with Crippen LogP contribution in [0.4, 0.5) is 0 Å². The number of aromatic hydroxyl groups is 1. The summed E-state index contributed by atoms with van der Waals surface area (Å²) in [6.07, 6.45) is 1.51. The molecule has 27 heavy (non-hydrogen) atoms. The van der Waals surface area contributed by atoms with Crippen LogP contribution < -0.4 is 10.2 Å². The first-order chi connectivity index (χ1) is 13.1. The summed E-state index contributed by atoms with van der Waals surface area (Å²) in [5, 5.41) is 13.8. The van der Waals surface area contributed by atoms with E-state index in [0.717, 1.165) is 11.1 Å². The molecule has 3 aromatic carbocycles. The molecule has 6 heteroatoms. The van der Waals surface area contributed by atoms with Gasteiger partial charge in [-0.2, -0.15) is 5.10 Å². The third-order valence-corrected chi connectivity index (χ3v) is 4.22. The van der Waals surface area contributed by atoms with Gasteiger partial charge in [0.15, 0.2) is 0 Å². The number of benzene rings is 3. The van der Waals surface area contributed by atoms with Gasteiger partial charge >= 0.3 is 0 Å². The summed E-state index contributed by atoms with van der Waals surface area (Å²) in [7, 11) is 0. The zero-order valence-electron chi connectivity index (χ0n) is 14.3. The van der Waals surface area contributed by atoms with Gasteiger partial charge in [0, 0.05) is 10.0 Å². The summed E-state index contributed by atoms with van der Waals surface area (Å²) in [5.74, 6) is 0.0369. The lowest BCUT2D eigenvalue weighted by Gasteiger charge is -2.09. The number of hydrazone groups is 1. The standard InChI is InChI=1S/C21H17BrN2O3/c22-17-10-11-19(25)18(12-17)21(26)24-23-13-16-8-4-5-9-20(16)27-14-15-6-2-1-3-7-15/h1-13,25H,14H2,(H,24,26). The molecular formula is C21H17BrN2O3. The number of carbonyl (C=O) groups excluding carboxylic acids is 1. The van der Waals surface area contributed by atoms with Crippen molar-refractivity contribution in [3.05, 3.63) is 94.0 Å². The minimum Gasteiger partial charge on any atom is -0.507 e. The summed E-state index contributed by atoms with van der Waals surface area (Å²) < 4.78 is 6.54. The Kier molecular flexibility index (Phi) is 6.22. The molecule has 0 spiro atoms. The first-order valence-electron chi connectivity index (χ1n) is 8.21. The van der Waals surface area contributed by atoms with E-state index < -0.39 is 5.91 Å². The zero-order chi connectivity index (χ0) is 19.1. The Bertz CT molecular complexity index is 959. The minimum atomic E-state index is -0.507. The SMILES string of the molecule is O=C(NN=Cc1ccccc1OCc1ccccc1)c1cc(Br)ccc1O. The molecule has 3 rings (SSSR count). The Balaban J connectivity index is 1.66. The van der Waals surface area contributed by atoms with E-state index in [2.05, 4.69) is 26.5 Å². The smallest absolute Gasteiger partial charge is 0.275 e. The van der Waals surface area contributed by atoms with Crippen molar-refractivity contribution in [1.29, 1.82) is 0 Å². The molecule has 0 radical (unpaired) electrons. The first-order valence-corrected chi connectivity index (χ1v) is 9.00. The number of carbonyl (C=O) groups is 1. The van der Waals surface area contributed by atoms with Gasteiger partial charge in [-0.25, -0.2) is 5.43 Å². The van der Waals surface area contributed by atoms with Gasteiger partial charge in [-0.05, 0) is 35.9 Å². The average molecular weight is 425 g/mol. The quantitative estimate of drug-likeness (QED) is 0.452. The van der Waals surface area contributed by atoms with Crippen LogP contribution in [-0.2, 0) is 6.61 Å². The molecule has 0 aromatic heterocycles. The average Bonchev–Trinajstić information content (AvgIpc) is 2.69. The second kappa shape index (κ2) is 9.00. The molecule has 3 aromatic rings. The van der Waals surface area contributed by atoms with Crippen molar-refractivity contribution in [3.8, 4) is 11.5 Å². The van der Waals surface area contributed by atoms with Crippen LogP contribution in [0.1, 0.15) is 21.5 Å². The van der Waals surface area contributed by atoms with Gasteiger partial charge in [0.25, 0.3) is 5.91 Å². The maximum atomic E-state index is 12.2. The van der Waals surface area contributed by atoms with E-state index in [9.17, 15) is 9.90 Å². The Morgan fingerprint density at radius 2 is 1.81 bits per heavy atom. The van der Waals surface area contributed by atoms with Crippen molar-refractivity contribution in [1.82, 2.24) is 5.43 Å². The second-order valence-electron chi connectivity index (χ2n) is 5.67. The Morgan fingerprint density at radius 3 is 2.63 bits per heavy atom. The molecule has 1 amide bonds. The van der Waals surface area contributed by atoms with Gasteiger partial charge in [-0.15, -0.1) is 0 Å². The Morgan fingerprint density at radius 1 is 1.07 bits per heavy atom. The van der Waals surface area contributed by atoms with Gasteiger partial charge in [0.1, 0.15) is 18.1 Å². The van der Waals surface area contributed by atoms with Crippen LogP contribution in [0, 0.1) is 0 Å². The highest BCUT2D eigenvalue weighted by Crippen LogP contribution is 2.22. The van der Waals surface area contributed by atoms with Crippen molar-refractivity contribution in [2.45, 2.75) is 6.61 Å². The highest BCUT2D eigenvalue weighted by molar-refractivity contribution is 9.10. The van der Waals surface area contributed by atoms with E-state index in [-0.39, 0.29) is 11.3 Å². The van der Waals surface area contributed by atoms with E-state index in [1.807, 2.05) is 54.6 Å². The summed E-state index contributed by atoms with van der Waals surface area (Å²) >= 11 is 3.27. The van der Waals surface area contributed by atoms with E-state index in [0.29, 0.717) is 16.8 Å². The molecule has 0 aliphatic carbocycles. The van der Waals surface area contributed by atoms with Crippen LogP contribution in [0.5, 0.6) is 11.5 Å². The number of hydrogen-bond donors (Lipinski definition) is 2. The maximum absolute atomic E-state index is 12.2. The number of phenolic OH excluding ortho intramolecular Hbond substituents is 1. The normalized spacial score (nSPS) is 10.7. The molecular weight excluding hydrogens is 408 g/mol. The maximum Gasteiger partial charge on any atom is 0.275 e. The molecule has 136 valence electrons. The topological polar surface area (TPSA) is 70.9 Å². The molecule has 0 bridgehead atoms. The van der Waals surface area contributed by atoms with Crippen LogP contribution in [0.25, 0.3) is 0 Å². The number of ether oxygens (including phenoxy) is 1. The molecule has 0 fully saturated rings. The lowest BCUT2D eigenvalue weighted by atomic mass is 10.2. The van der Waals surface area contributed by atoms with Crippen LogP contribution in [-0.4, -0.2) is 17.2 Å². The Labute approximate surface area is 165 Å². The highest BCUT2D eigenvalue weighted by atomic mass is 79.9. The van der Waals surface area contributed by atoms with Gasteiger partial charge in [0.2, 0.25) is 0 Å². The van der Waals surface area contributed by atoms with Gasteiger partial charge in [-0.1, -0.05) is 58.4 Å². The number of rotatable bonds is 6. The second-order valence-corrected chi connectivity index (χ2v) is 6.59. The predicted octanol–water partition coefficient (Wildman–Crippen LogP) is 4.50. The van der Waals surface area contributed by atoms with Crippen molar-refractivity contribution in [3.63, 3.8) is 0 Å². The van der Waals surface area contributed by atoms with Crippen LogP contribution in [0.2, 0.25) is 0 Å². The summed E-state index contributed by atoms with van der Waals surface area (Å²) in [6, 6.07) is 21.9. The van der Waals surface area contributed by atoms with Gasteiger partial charge in [-0.3, -0.25) is 4.79 Å². The third kappa shape index (κ3) is 5.18. The summed E-state index contributed by atoms with van der Waals surface area (Å²) in [6.45, 7) is 0.434. The number of nitrogens with one attached hydrogen (secondary N) is 1. The number of amides is 1. The molecule has 0 aliphatic rings. The predicted molar refractivity (Wildman–Crippen MR) is 108 cm³/mol. The number of hydrogen-bond acceptors (Lipinski definition) is 4. The molecule has 0 heterocycles. The molecule has 0 saturated heterocycles. The fourth-order valence-corrected chi connectivity index (χ4v) is 2.73. The summed E-state index contributed by atoms with van der Waals surface area (Å²) in [4.78, 5) is 12.2. The fraction of sp³-hybridized carbons (Fsp3) is 0.0476. The lowest BCUT2D eigenvalue weighted by molar-refractivity contribution is 0.0952. The van der Waals surface area contributed by atoms with Crippen molar-refractivity contribution in [2.24, 2.45) is 5.10 Å². The van der Waals surface area contributed by atoms with Crippen molar-refractivity contribution in [2.75, 3.05) is 0 Å². The van der Waals surface area contributed by atoms with E-state index in [4.69, 9.17) is 4.74 Å². The summed E-state index contributed by atoms with van der Waals surface area (Å²) in [5.41, 5.74) is 4.33. The number of halogens is 1. The molecule has 2 N–H and O–H groups in total. The van der Waals surface area contributed by atoms with Crippen molar-refractivity contribution < 1.29 is 14.6 Å². The molecule has 5 nitrogen and oxygen atoms in total. The number of phenols is 1. The molecule has 0 aliphatic heterocycles. The third-order valence-electron chi connectivity index (χ3n) is 3.73. The molecule has 0 atom stereocenters. The monoisotopic (exact) mass is 424 g/mol. The lowest BCUT2D eigenvalue weighted by Crippen LogP contribution is -2.17. The van der Waals surface area contributed by atoms with E-state index in [1.165, 1.54) is 18.3 Å².